The van der Waals surface area contributed by atoms with Gasteiger partial charge in [-0.3, -0.25) is 0 Å². The molecule has 0 saturated carbocycles. The molecule has 2 heterocycles. The molecule has 3 rings (SSSR count). The fourth-order valence-corrected chi connectivity index (χ4v) is 2.35. The molecular weight excluding hydrogens is 190 g/mol. The van der Waals surface area contributed by atoms with Gasteiger partial charge in [0.2, 0.25) is 0 Å². The fourth-order valence-electron chi connectivity index (χ4n) is 2.35. The normalized spacial score (nSPS) is 15.5. The zero-order valence-corrected chi connectivity index (χ0v) is 8.38. The number of aromatic amines is 1. The van der Waals surface area contributed by atoms with E-state index in [1.54, 1.807) is 0 Å². The Labute approximate surface area is 87.2 Å². The molecule has 2 aliphatic heterocycles. The Morgan fingerprint density at radius 2 is 1.87 bits per heavy atom. The third-order valence-electron chi connectivity index (χ3n) is 3.06. The molecule has 78 valence electrons. The number of aromatic nitrogens is 3. The Balaban J connectivity index is 2.36. The first-order valence-electron chi connectivity index (χ1n) is 5.18. The summed E-state index contributed by atoms with van der Waals surface area (Å²) in [6.07, 6.45) is 4.49. The van der Waals surface area contributed by atoms with E-state index in [1.807, 2.05) is 0 Å². The lowest BCUT2D eigenvalue weighted by atomic mass is 9.91. The van der Waals surface area contributed by atoms with Gasteiger partial charge in [-0.1, -0.05) is 0 Å². The highest BCUT2D eigenvalue weighted by Gasteiger charge is 2.24. The van der Waals surface area contributed by atoms with Crippen LogP contribution in [0.25, 0.3) is 11.3 Å². The molecule has 0 atom stereocenters. The highest BCUT2D eigenvalue weighted by atomic mass is 15.2. The molecule has 5 heteroatoms. The third kappa shape index (κ3) is 1.09. The summed E-state index contributed by atoms with van der Waals surface area (Å²) in [4.78, 5) is 3.20. The van der Waals surface area contributed by atoms with Gasteiger partial charge in [-0.2, -0.15) is 0 Å². The van der Waals surface area contributed by atoms with Crippen LogP contribution in [-0.4, -0.2) is 15.2 Å². The zero-order chi connectivity index (χ0) is 10.4. The van der Waals surface area contributed by atoms with Crippen molar-refractivity contribution in [2.45, 2.75) is 25.7 Å². The van der Waals surface area contributed by atoms with E-state index in [0.29, 0.717) is 17.3 Å². The molecule has 0 amide bonds. The van der Waals surface area contributed by atoms with Gasteiger partial charge in [0.05, 0.1) is 5.56 Å². The molecule has 1 aliphatic carbocycles. The number of aryl methyl sites for hydroxylation is 1. The number of nitrogen functional groups attached to an aromatic ring is 2. The quantitative estimate of drug-likeness (QED) is 0.594. The molecule has 0 aromatic heterocycles. The number of nitrogens with two attached hydrogens (primary N) is 2. The average molecular weight is 203 g/mol. The minimum absolute atomic E-state index is 0.504. The molecule has 0 saturated heterocycles. The predicted molar refractivity (Wildman–Crippen MR) is 58.5 cm³/mol. The maximum absolute atomic E-state index is 5.88. The molecule has 0 aromatic rings. The fraction of sp³-hybridized carbons (Fsp3) is 0.400. The minimum atomic E-state index is 0.504. The van der Waals surface area contributed by atoms with Crippen molar-refractivity contribution < 1.29 is 0 Å². The smallest absolute Gasteiger partial charge is 0.156 e. The Hall–Kier alpha value is -1.78. The number of hydrogen-bond acceptors (Lipinski definition) is 4. The van der Waals surface area contributed by atoms with Gasteiger partial charge in [-0.15, -0.1) is 10.2 Å². The number of H-pyrrole nitrogens is 1. The summed E-state index contributed by atoms with van der Waals surface area (Å²) >= 11 is 0. The Kier molecular flexibility index (Phi) is 1.62. The lowest BCUT2D eigenvalue weighted by Crippen LogP contribution is -2.11. The van der Waals surface area contributed by atoms with E-state index in [1.165, 1.54) is 24.1 Å². The Bertz CT molecular complexity index is 487. The van der Waals surface area contributed by atoms with Gasteiger partial charge in [-0.25, -0.2) is 0 Å². The first-order valence-corrected chi connectivity index (χ1v) is 5.18. The number of nitrogens with one attached hydrogen (secondary N) is 1. The second-order valence-corrected chi connectivity index (χ2v) is 4.01. The van der Waals surface area contributed by atoms with Crippen LogP contribution in [0.4, 0.5) is 11.6 Å². The minimum Gasteiger partial charge on any atom is -0.383 e. The van der Waals surface area contributed by atoms with Crippen LogP contribution in [0, 0.1) is 0 Å². The van der Waals surface area contributed by atoms with Crippen LogP contribution in [0.15, 0.2) is 0 Å². The summed E-state index contributed by atoms with van der Waals surface area (Å²) in [6, 6.07) is 0. The summed E-state index contributed by atoms with van der Waals surface area (Å²) in [6.45, 7) is 0. The third-order valence-corrected chi connectivity index (χ3v) is 3.06. The maximum atomic E-state index is 5.88. The Morgan fingerprint density at radius 3 is 2.73 bits per heavy atom. The molecule has 0 bridgehead atoms. The molecule has 0 fully saturated rings. The first kappa shape index (κ1) is 8.52. The van der Waals surface area contributed by atoms with Crippen molar-refractivity contribution in [3.8, 4) is 11.3 Å². The van der Waals surface area contributed by atoms with Crippen LogP contribution >= 0.6 is 0 Å². The van der Waals surface area contributed by atoms with Crippen LogP contribution in [0.1, 0.15) is 24.1 Å². The average Bonchev–Trinajstić information content (AvgIpc) is 2.62. The van der Waals surface area contributed by atoms with Gasteiger partial charge >= 0.3 is 0 Å². The van der Waals surface area contributed by atoms with Crippen molar-refractivity contribution in [3.05, 3.63) is 11.3 Å². The SMILES string of the molecule is Nc1nnc2c(N)[nH]c3c(c1-2)CCCC3. The van der Waals surface area contributed by atoms with E-state index < -0.39 is 0 Å². The van der Waals surface area contributed by atoms with Gasteiger partial charge < -0.3 is 16.5 Å². The second kappa shape index (κ2) is 2.85. The van der Waals surface area contributed by atoms with Gasteiger partial charge in [0.1, 0.15) is 11.5 Å². The van der Waals surface area contributed by atoms with E-state index in [0.717, 1.165) is 18.4 Å². The van der Waals surface area contributed by atoms with Crippen molar-refractivity contribution in [2.75, 3.05) is 11.5 Å². The number of anilines is 2. The van der Waals surface area contributed by atoms with E-state index >= 15 is 0 Å². The van der Waals surface area contributed by atoms with Crippen LogP contribution in [0.2, 0.25) is 0 Å². The lowest BCUT2D eigenvalue weighted by molar-refractivity contribution is 0.670. The standard InChI is InChI=1S/C10H13N5/c11-9-7-5-3-1-2-4-6(5)13-10(12)8(7)14-15-9/h13H,1-4,11-12H2. The summed E-state index contributed by atoms with van der Waals surface area (Å²) in [5.74, 6) is 1.08. The molecule has 0 aromatic carbocycles. The summed E-state index contributed by atoms with van der Waals surface area (Å²) in [7, 11) is 0. The van der Waals surface area contributed by atoms with Gasteiger partial charge in [0.25, 0.3) is 0 Å². The molecule has 15 heavy (non-hydrogen) atoms. The molecule has 0 radical (unpaired) electrons. The lowest BCUT2D eigenvalue weighted by Gasteiger charge is -2.19. The van der Waals surface area contributed by atoms with Gasteiger partial charge in [-0.05, 0) is 31.2 Å². The topological polar surface area (TPSA) is 93.6 Å². The molecule has 0 spiro atoms. The monoisotopic (exact) mass is 203 g/mol. The van der Waals surface area contributed by atoms with E-state index in [-0.39, 0.29) is 0 Å². The summed E-state index contributed by atoms with van der Waals surface area (Å²) in [5.41, 5.74) is 15.8. The molecule has 3 aliphatic rings. The number of hydrogen-bond donors (Lipinski definition) is 3. The number of pyridine rings is 1. The largest absolute Gasteiger partial charge is 0.383 e. The number of nitrogens with zero attached hydrogens (tertiary/aromatic N) is 2. The molecule has 5 N–H and O–H groups in total. The van der Waals surface area contributed by atoms with Crippen molar-refractivity contribution in [2.24, 2.45) is 0 Å². The highest BCUT2D eigenvalue weighted by molar-refractivity contribution is 5.83. The predicted octanol–water partition coefficient (Wildman–Crippen LogP) is 0.953. The maximum Gasteiger partial charge on any atom is 0.156 e. The van der Waals surface area contributed by atoms with Gasteiger partial charge in [0.15, 0.2) is 5.82 Å². The van der Waals surface area contributed by atoms with Crippen molar-refractivity contribution in [1.82, 2.24) is 15.2 Å². The molecular formula is C10H13N5. The van der Waals surface area contributed by atoms with Crippen molar-refractivity contribution >= 4 is 11.6 Å². The number of fused-ring (bicyclic) bond motifs is 3. The second-order valence-electron chi connectivity index (χ2n) is 4.01. The van der Waals surface area contributed by atoms with Crippen molar-refractivity contribution in [3.63, 3.8) is 0 Å². The van der Waals surface area contributed by atoms with Crippen LogP contribution in [0.5, 0.6) is 0 Å². The molecule has 0 unspecified atom stereocenters. The number of rotatable bonds is 0. The summed E-state index contributed by atoms with van der Waals surface area (Å²) in [5, 5.41) is 7.89. The van der Waals surface area contributed by atoms with Crippen molar-refractivity contribution in [1.29, 1.82) is 0 Å². The molecule has 5 nitrogen and oxygen atoms in total. The van der Waals surface area contributed by atoms with Gasteiger partial charge in [0, 0.05) is 5.69 Å². The first-order chi connectivity index (χ1) is 7.27. The van der Waals surface area contributed by atoms with Crippen LogP contribution in [0.3, 0.4) is 0 Å². The Morgan fingerprint density at radius 1 is 1.07 bits per heavy atom. The van der Waals surface area contributed by atoms with E-state index in [2.05, 4.69) is 15.2 Å². The highest BCUT2D eigenvalue weighted by Crippen LogP contribution is 2.37. The van der Waals surface area contributed by atoms with E-state index in [4.69, 9.17) is 11.5 Å². The zero-order valence-electron chi connectivity index (χ0n) is 8.38. The summed E-state index contributed by atoms with van der Waals surface area (Å²) < 4.78 is 0. The van der Waals surface area contributed by atoms with Crippen LogP contribution in [-0.2, 0) is 12.8 Å². The van der Waals surface area contributed by atoms with Crippen LogP contribution < -0.4 is 11.5 Å². The van der Waals surface area contributed by atoms with E-state index in [9.17, 15) is 0 Å².